The van der Waals surface area contributed by atoms with E-state index < -0.39 is 0 Å². The van der Waals surface area contributed by atoms with Crippen LogP contribution >= 0.6 is 24.0 Å². The first kappa shape index (κ1) is 27.9. The Hall–Kier alpha value is -1.36. The molecule has 0 radical (unpaired) electrons. The molecule has 2 heterocycles. The Balaban J connectivity index is 0.00000385. The lowest BCUT2D eigenvalue weighted by atomic mass is 9.86. The normalized spacial score (nSPS) is 22.5. The number of rotatable bonds is 8. The molecule has 9 heteroatoms. The van der Waals surface area contributed by atoms with E-state index in [1.54, 1.807) is 0 Å². The van der Waals surface area contributed by atoms with Crippen molar-refractivity contribution < 1.29 is 13.9 Å². The molecular formula is C24H42IN5O3. The van der Waals surface area contributed by atoms with Gasteiger partial charge in [0.25, 0.3) is 0 Å². The zero-order valence-corrected chi connectivity index (χ0v) is 23.0. The minimum absolute atomic E-state index is 0. The Morgan fingerprint density at radius 3 is 2.42 bits per heavy atom. The van der Waals surface area contributed by atoms with E-state index in [1.165, 1.54) is 0 Å². The van der Waals surface area contributed by atoms with Crippen molar-refractivity contribution in [2.75, 3.05) is 32.8 Å². The van der Waals surface area contributed by atoms with Crippen molar-refractivity contribution in [2.24, 2.45) is 16.8 Å². The molecule has 33 heavy (non-hydrogen) atoms. The SMILES string of the molecule is CCNC(=NCC1CCN(Cc2nc(C)c(C)o2)CC1)NC1CCC(C(=O)OCC)CC1.I. The third kappa shape index (κ3) is 8.73. The average Bonchev–Trinajstić information content (AvgIpc) is 3.10. The average molecular weight is 576 g/mol. The van der Waals surface area contributed by atoms with Gasteiger partial charge < -0.3 is 19.8 Å². The van der Waals surface area contributed by atoms with E-state index in [0.29, 0.717) is 18.6 Å². The lowest BCUT2D eigenvalue weighted by molar-refractivity contribution is -0.149. The molecule has 2 N–H and O–H groups in total. The van der Waals surface area contributed by atoms with Crippen LogP contribution in [-0.2, 0) is 16.1 Å². The van der Waals surface area contributed by atoms with E-state index in [0.717, 1.165) is 94.6 Å². The smallest absolute Gasteiger partial charge is 0.308 e. The number of ether oxygens (including phenoxy) is 1. The fourth-order valence-corrected chi connectivity index (χ4v) is 4.59. The Morgan fingerprint density at radius 1 is 1.15 bits per heavy atom. The number of hydrogen-bond acceptors (Lipinski definition) is 6. The fraction of sp³-hybridized carbons (Fsp3) is 0.792. The Bertz CT molecular complexity index is 734. The zero-order chi connectivity index (χ0) is 22.9. The minimum Gasteiger partial charge on any atom is -0.466 e. The highest BCUT2D eigenvalue weighted by atomic mass is 127. The summed E-state index contributed by atoms with van der Waals surface area (Å²) in [4.78, 5) is 23.8. The number of aliphatic imine (C=N–C) groups is 1. The maximum Gasteiger partial charge on any atom is 0.308 e. The number of nitrogens with zero attached hydrogens (tertiary/aromatic N) is 3. The van der Waals surface area contributed by atoms with Crippen molar-refractivity contribution in [1.29, 1.82) is 0 Å². The molecule has 0 amide bonds. The van der Waals surface area contributed by atoms with Crippen molar-refractivity contribution in [3.05, 3.63) is 17.3 Å². The van der Waals surface area contributed by atoms with E-state index in [2.05, 4.69) is 27.4 Å². The zero-order valence-electron chi connectivity index (χ0n) is 20.7. The summed E-state index contributed by atoms with van der Waals surface area (Å²) in [6.07, 6.45) is 6.02. The third-order valence-corrected chi connectivity index (χ3v) is 6.68. The molecule has 2 fully saturated rings. The molecule has 0 spiro atoms. The van der Waals surface area contributed by atoms with Gasteiger partial charge in [0.1, 0.15) is 5.76 Å². The number of nitrogens with one attached hydrogen (secondary N) is 2. The fourth-order valence-electron chi connectivity index (χ4n) is 4.59. The summed E-state index contributed by atoms with van der Waals surface area (Å²) in [5, 5.41) is 6.98. The number of halogens is 1. The van der Waals surface area contributed by atoms with Gasteiger partial charge in [0, 0.05) is 19.1 Å². The summed E-state index contributed by atoms with van der Waals surface area (Å²) in [6.45, 7) is 13.0. The molecule has 0 aromatic carbocycles. The lowest BCUT2D eigenvalue weighted by Gasteiger charge is -2.31. The monoisotopic (exact) mass is 575 g/mol. The summed E-state index contributed by atoms with van der Waals surface area (Å²) < 4.78 is 10.9. The first-order valence-corrected chi connectivity index (χ1v) is 12.3. The van der Waals surface area contributed by atoms with Gasteiger partial charge in [-0.05, 0) is 85.2 Å². The maximum atomic E-state index is 12.0. The van der Waals surface area contributed by atoms with Gasteiger partial charge in [-0.2, -0.15) is 0 Å². The second-order valence-corrected chi connectivity index (χ2v) is 9.13. The van der Waals surface area contributed by atoms with Crippen LogP contribution in [0.2, 0.25) is 0 Å². The molecule has 1 saturated carbocycles. The van der Waals surface area contributed by atoms with Crippen LogP contribution in [0.3, 0.4) is 0 Å². The summed E-state index contributed by atoms with van der Waals surface area (Å²) in [5.74, 6) is 3.28. The molecule has 2 aliphatic rings. The molecular weight excluding hydrogens is 533 g/mol. The maximum absolute atomic E-state index is 12.0. The van der Waals surface area contributed by atoms with Gasteiger partial charge >= 0.3 is 5.97 Å². The number of aromatic nitrogens is 1. The number of aryl methyl sites for hydroxylation is 2. The first-order valence-electron chi connectivity index (χ1n) is 12.3. The molecule has 0 unspecified atom stereocenters. The summed E-state index contributed by atoms with van der Waals surface area (Å²) in [6, 6.07) is 0.369. The number of oxazole rings is 1. The van der Waals surface area contributed by atoms with Crippen LogP contribution < -0.4 is 10.6 Å². The summed E-state index contributed by atoms with van der Waals surface area (Å²) in [5.41, 5.74) is 0.988. The molecule has 1 aromatic rings. The van der Waals surface area contributed by atoms with Crippen LogP contribution in [0.1, 0.15) is 69.7 Å². The predicted molar refractivity (Wildman–Crippen MR) is 141 cm³/mol. The van der Waals surface area contributed by atoms with Crippen LogP contribution in [0.5, 0.6) is 0 Å². The number of piperidine rings is 1. The highest BCUT2D eigenvalue weighted by Crippen LogP contribution is 2.25. The van der Waals surface area contributed by atoms with Gasteiger partial charge in [-0.1, -0.05) is 0 Å². The van der Waals surface area contributed by atoms with Crippen LogP contribution in [0.15, 0.2) is 9.41 Å². The number of guanidine groups is 1. The largest absolute Gasteiger partial charge is 0.466 e. The summed E-state index contributed by atoms with van der Waals surface area (Å²) in [7, 11) is 0. The number of likely N-dealkylation sites (tertiary alicyclic amines) is 1. The molecule has 1 aromatic heterocycles. The van der Waals surface area contributed by atoms with Gasteiger partial charge in [0.15, 0.2) is 5.96 Å². The van der Waals surface area contributed by atoms with E-state index in [4.69, 9.17) is 14.1 Å². The van der Waals surface area contributed by atoms with Gasteiger partial charge in [0.05, 0.1) is 24.8 Å². The molecule has 0 atom stereocenters. The molecule has 3 rings (SSSR count). The van der Waals surface area contributed by atoms with Crippen molar-refractivity contribution in [2.45, 2.75) is 78.8 Å². The van der Waals surface area contributed by atoms with E-state index in [1.807, 2.05) is 20.8 Å². The molecule has 1 aliphatic carbocycles. The standard InChI is InChI=1S/C24H41N5O3.HI/c1-5-25-24(28-21-9-7-20(8-10-21)23(30)31-6-2)26-15-19-11-13-29(14-12-19)16-22-27-17(3)18(4)32-22;/h19-21H,5-16H2,1-4H3,(H2,25,26,28);1H. The molecule has 0 bridgehead atoms. The predicted octanol–water partition coefficient (Wildman–Crippen LogP) is 3.80. The topological polar surface area (TPSA) is 92.0 Å². The highest BCUT2D eigenvalue weighted by molar-refractivity contribution is 14.0. The van der Waals surface area contributed by atoms with E-state index in [-0.39, 0.29) is 35.9 Å². The van der Waals surface area contributed by atoms with Gasteiger partial charge in [-0.3, -0.25) is 14.7 Å². The molecule has 1 saturated heterocycles. The number of carbonyl (C=O) groups is 1. The molecule has 1 aliphatic heterocycles. The van der Waals surface area contributed by atoms with Crippen LogP contribution in [0.25, 0.3) is 0 Å². The Kier molecular flexibility index (Phi) is 11.9. The van der Waals surface area contributed by atoms with Crippen LogP contribution in [-0.4, -0.2) is 60.6 Å². The van der Waals surface area contributed by atoms with Crippen LogP contribution in [0.4, 0.5) is 0 Å². The minimum atomic E-state index is -0.0361. The second-order valence-electron chi connectivity index (χ2n) is 9.13. The van der Waals surface area contributed by atoms with Crippen molar-refractivity contribution in [1.82, 2.24) is 20.5 Å². The van der Waals surface area contributed by atoms with Gasteiger partial charge in [-0.15, -0.1) is 24.0 Å². The Labute approximate surface area is 215 Å². The van der Waals surface area contributed by atoms with Gasteiger partial charge in [-0.25, -0.2) is 4.98 Å². The van der Waals surface area contributed by atoms with Crippen molar-refractivity contribution >= 4 is 35.9 Å². The quantitative estimate of drug-likeness (QED) is 0.211. The highest BCUT2D eigenvalue weighted by Gasteiger charge is 2.28. The first-order chi connectivity index (χ1) is 15.5. The molecule has 8 nitrogen and oxygen atoms in total. The number of hydrogen-bond donors (Lipinski definition) is 2. The van der Waals surface area contributed by atoms with Crippen molar-refractivity contribution in [3.63, 3.8) is 0 Å². The molecule has 188 valence electrons. The van der Waals surface area contributed by atoms with E-state index in [9.17, 15) is 4.79 Å². The lowest BCUT2D eigenvalue weighted by Crippen LogP contribution is -2.45. The van der Waals surface area contributed by atoms with Crippen molar-refractivity contribution in [3.8, 4) is 0 Å². The van der Waals surface area contributed by atoms with Gasteiger partial charge in [0.2, 0.25) is 5.89 Å². The summed E-state index contributed by atoms with van der Waals surface area (Å²) >= 11 is 0. The second kappa shape index (κ2) is 14.1. The number of carbonyl (C=O) groups excluding carboxylic acids is 1. The Morgan fingerprint density at radius 2 is 1.85 bits per heavy atom. The third-order valence-electron chi connectivity index (χ3n) is 6.68. The van der Waals surface area contributed by atoms with E-state index >= 15 is 0 Å². The number of esters is 1. The van der Waals surface area contributed by atoms with Crippen LogP contribution in [0, 0.1) is 25.7 Å².